The first kappa shape index (κ1) is 23.5. The summed E-state index contributed by atoms with van der Waals surface area (Å²) in [5.74, 6) is -0.735. The largest absolute Gasteiger partial charge is 0.465 e. The molecule has 0 atom stereocenters. The van der Waals surface area contributed by atoms with Crippen LogP contribution in [0.3, 0.4) is 0 Å². The van der Waals surface area contributed by atoms with Gasteiger partial charge < -0.3 is 19.4 Å². The van der Waals surface area contributed by atoms with Crippen LogP contribution in [0.2, 0.25) is 0 Å². The molecule has 0 unspecified atom stereocenters. The van der Waals surface area contributed by atoms with Gasteiger partial charge in [-0.3, -0.25) is 4.79 Å². The lowest BCUT2D eigenvalue weighted by Crippen LogP contribution is -2.16. The number of thiophene rings is 1. The second-order valence-electron chi connectivity index (χ2n) is 6.55. The van der Waals surface area contributed by atoms with Gasteiger partial charge in [0.05, 0.1) is 36.0 Å². The van der Waals surface area contributed by atoms with Crippen LogP contribution in [-0.4, -0.2) is 52.6 Å². The molecule has 0 bridgehead atoms. The van der Waals surface area contributed by atoms with Crippen LogP contribution < -0.4 is 5.32 Å². The van der Waals surface area contributed by atoms with E-state index in [-0.39, 0.29) is 28.5 Å². The fraction of sp³-hybridized carbons (Fsp3) is 0.286. The maximum atomic E-state index is 12.6. The highest BCUT2D eigenvalue weighted by Crippen LogP contribution is 2.27. The third kappa shape index (κ3) is 5.54. The summed E-state index contributed by atoms with van der Waals surface area (Å²) in [4.78, 5) is 37.4. The molecule has 1 N–H and O–H groups in total. The van der Waals surface area contributed by atoms with Gasteiger partial charge in [-0.05, 0) is 36.1 Å². The highest BCUT2D eigenvalue weighted by atomic mass is 32.2. The molecule has 0 fully saturated rings. The number of esters is 2. The molecule has 32 heavy (non-hydrogen) atoms. The number of nitrogens with one attached hydrogen (secondary N) is 1. The number of hydrogen-bond acceptors (Lipinski definition) is 9. The van der Waals surface area contributed by atoms with E-state index in [1.54, 1.807) is 11.3 Å². The standard InChI is InChI=1S/C21H22N4O5S2/c1-4-7-25-18(16-6-5-8-31-16)23-24-21(25)32-12-17(26)22-15-10-13(19(27)29-2)9-14(11-15)20(28)30-3/h5-6,8-11H,4,7,12H2,1-3H3,(H,22,26). The van der Waals surface area contributed by atoms with Gasteiger partial charge in [-0.15, -0.1) is 21.5 Å². The quantitative estimate of drug-likeness (QED) is 0.369. The number of amides is 1. The number of hydrogen-bond donors (Lipinski definition) is 1. The van der Waals surface area contributed by atoms with Gasteiger partial charge in [0, 0.05) is 12.2 Å². The number of benzene rings is 1. The number of ether oxygens (including phenoxy) is 2. The van der Waals surface area contributed by atoms with Crippen molar-refractivity contribution in [1.82, 2.24) is 14.8 Å². The van der Waals surface area contributed by atoms with E-state index in [2.05, 4.69) is 22.4 Å². The summed E-state index contributed by atoms with van der Waals surface area (Å²) in [7, 11) is 2.47. The van der Waals surface area contributed by atoms with Gasteiger partial charge >= 0.3 is 11.9 Å². The Morgan fingerprint density at radius 1 is 1.09 bits per heavy atom. The molecule has 1 aromatic carbocycles. The third-order valence-corrected chi connectivity index (χ3v) is 6.13. The summed E-state index contributed by atoms with van der Waals surface area (Å²) < 4.78 is 11.4. The molecule has 0 aliphatic rings. The molecule has 2 heterocycles. The van der Waals surface area contributed by atoms with E-state index >= 15 is 0 Å². The molecule has 0 aliphatic carbocycles. The highest BCUT2D eigenvalue weighted by Gasteiger charge is 2.18. The lowest BCUT2D eigenvalue weighted by molar-refractivity contribution is -0.113. The van der Waals surface area contributed by atoms with Crippen molar-refractivity contribution in [2.45, 2.75) is 25.0 Å². The van der Waals surface area contributed by atoms with Crippen LogP contribution >= 0.6 is 23.1 Å². The molecule has 2 aromatic heterocycles. The molecule has 11 heteroatoms. The molecular weight excluding hydrogens is 452 g/mol. The van der Waals surface area contributed by atoms with E-state index in [0.29, 0.717) is 5.16 Å². The van der Waals surface area contributed by atoms with E-state index in [4.69, 9.17) is 9.47 Å². The minimum atomic E-state index is -0.630. The van der Waals surface area contributed by atoms with E-state index in [9.17, 15) is 14.4 Å². The van der Waals surface area contributed by atoms with Crippen LogP contribution in [-0.2, 0) is 20.8 Å². The van der Waals surface area contributed by atoms with Crippen molar-refractivity contribution in [2.75, 3.05) is 25.3 Å². The van der Waals surface area contributed by atoms with Crippen LogP contribution in [0.15, 0.2) is 40.9 Å². The van der Waals surface area contributed by atoms with Crippen molar-refractivity contribution in [1.29, 1.82) is 0 Å². The second-order valence-corrected chi connectivity index (χ2v) is 8.44. The van der Waals surface area contributed by atoms with Crippen molar-refractivity contribution < 1.29 is 23.9 Å². The molecule has 0 saturated carbocycles. The van der Waals surface area contributed by atoms with Gasteiger partial charge in [-0.25, -0.2) is 9.59 Å². The Morgan fingerprint density at radius 2 is 1.78 bits per heavy atom. The fourth-order valence-corrected chi connectivity index (χ4v) is 4.39. The van der Waals surface area contributed by atoms with E-state index in [0.717, 1.165) is 23.7 Å². The Hall–Kier alpha value is -3.18. The number of nitrogens with zero attached hydrogens (tertiary/aromatic N) is 3. The minimum Gasteiger partial charge on any atom is -0.465 e. The molecule has 3 aromatic rings. The van der Waals surface area contributed by atoms with Crippen LogP contribution in [0, 0.1) is 0 Å². The van der Waals surface area contributed by atoms with Crippen LogP contribution in [0.4, 0.5) is 5.69 Å². The predicted octanol–water partition coefficient (Wildman–Crippen LogP) is 3.72. The number of anilines is 1. The number of methoxy groups -OCH3 is 2. The molecular formula is C21H22N4O5S2. The molecule has 0 spiro atoms. The Bertz CT molecular complexity index is 1080. The summed E-state index contributed by atoms with van der Waals surface area (Å²) in [5, 5.41) is 13.9. The average Bonchev–Trinajstić information content (AvgIpc) is 3.46. The van der Waals surface area contributed by atoms with Crippen LogP contribution in [0.1, 0.15) is 34.1 Å². The van der Waals surface area contributed by atoms with Gasteiger partial charge in [-0.2, -0.15) is 0 Å². The summed E-state index contributed by atoms with van der Waals surface area (Å²) in [6.07, 6.45) is 0.896. The summed E-state index contributed by atoms with van der Waals surface area (Å²) >= 11 is 2.84. The zero-order valence-electron chi connectivity index (χ0n) is 17.8. The molecule has 0 saturated heterocycles. The zero-order valence-corrected chi connectivity index (χ0v) is 19.4. The second kappa shape index (κ2) is 10.9. The zero-order chi connectivity index (χ0) is 23.1. The maximum absolute atomic E-state index is 12.6. The molecule has 168 valence electrons. The van der Waals surface area contributed by atoms with E-state index in [1.807, 2.05) is 22.1 Å². The SMILES string of the molecule is CCCn1c(SCC(=O)Nc2cc(C(=O)OC)cc(C(=O)OC)c2)nnc1-c1cccs1. The Balaban J connectivity index is 1.74. The normalized spacial score (nSPS) is 10.6. The van der Waals surface area contributed by atoms with Gasteiger partial charge in [-0.1, -0.05) is 24.8 Å². The van der Waals surface area contributed by atoms with Crippen LogP contribution in [0.25, 0.3) is 10.7 Å². The number of thioether (sulfide) groups is 1. The molecule has 9 nitrogen and oxygen atoms in total. The first-order chi connectivity index (χ1) is 15.5. The van der Waals surface area contributed by atoms with Crippen molar-refractivity contribution >= 4 is 46.6 Å². The van der Waals surface area contributed by atoms with Gasteiger partial charge in [0.1, 0.15) is 0 Å². The Labute approximate surface area is 193 Å². The monoisotopic (exact) mass is 474 g/mol. The van der Waals surface area contributed by atoms with E-state index in [1.165, 1.54) is 44.2 Å². The summed E-state index contributed by atoms with van der Waals surface area (Å²) in [6.45, 7) is 2.79. The first-order valence-corrected chi connectivity index (χ1v) is 11.5. The minimum absolute atomic E-state index is 0.0717. The summed E-state index contributed by atoms with van der Waals surface area (Å²) in [6, 6.07) is 8.16. The Morgan fingerprint density at radius 3 is 2.34 bits per heavy atom. The fourth-order valence-electron chi connectivity index (χ4n) is 2.91. The molecule has 3 rings (SSSR count). The third-order valence-electron chi connectivity index (χ3n) is 4.30. The van der Waals surface area contributed by atoms with Gasteiger partial charge in [0.25, 0.3) is 0 Å². The van der Waals surface area contributed by atoms with Gasteiger partial charge in [0.2, 0.25) is 5.91 Å². The van der Waals surface area contributed by atoms with E-state index < -0.39 is 11.9 Å². The molecule has 1 amide bonds. The first-order valence-electron chi connectivity index (χ1n) is 9.68. The van der Waals surface area contributed by atoms with Crippen molar-refractivity contribution in [3.8, 4) is 10.7 Å². The predicted molar refractivity (Wildman–Crippen MR) is 122 cm³/mol. The van der Waals surface area contributed by atoms with Crippen molar-refractivity contribution in [3.63, 3.8) is 0 Å². The van der Waals surface area contributed by atoms with Crippen molar-refractivity contribution in [2.24, 2.45) is 0 Å². The smallest absolute Gasteiger partial charge is 0.337 e. The van der Waals surface area contributed by atoms with Gasteiger partial charge in [0.15, 0.2) is 11.0 Å². The topological polar surface area (TPSA) is 112 Å². The average molecular weight is 475 g/mol. The number of carbonyl (C=O) groups excluding carboxylic acids is 3. The lowest BCUT2D eigenvalue weighted by Gasteiger charge is -2.10. The summed E-state index contributed by atoms with van der Waals surface area (Å²) in [5.41, 5.74) is 0.538. The highest BCUT2D eigenvalue weighted by molar-refractivity contribution is 7.99. The number of rotatable bonds is 9. The lowest BCUT2D eigenvalue weighted by atomic mass is 10.1. The van der Waals surface area contributed by atoms with Crippen LogP contribution in [0.5, 0.6) is 0 Å². The van der Waals surface area contributed by atoms with Crippen molar-refractivity contribution in [3.05, 3.63) is 46.8 Å². The molecule has 0 aliphatic heterocycles. The maximum Gasteiger partial charge on any atom is 0.337 e. The number of aromatic nitrogens is 3. The number of carbonyl (C=O) groups is 3. The Kier molecular flexibility index (Phi) is 8.01. The molecule has 0 radical (unpaired) electrons.